The van der Waals surface area contributed by atoms with Gasteiger partial charge in [0.2, 0.25) is 0 Å². The molecule has 0 amide bonds. The lowest BCUT2D eigenvalue weighted by molar-refractivity contribution is -0.157. The van der Waals surface area contributed by atoms with Gasteiger partial charge in [0.05, 0.1) is 12.2 Å². The van der Waals surface area contributed by atoms with Crippen molar-refractivity contribution in [2.75, 3.05) is 13.1 Å². The van der Waals surface area contributed by atoms with Gasteiger partial charge in [-0.15, -0.1) is 0 Å². The van der Waals surface area contributed by atoms with Crippen LogP contribution in [0.2, 0.25) is 0 Å². The number of carboxylic acids is 1. The summed E-state index contributed by atoms with van der Waals surface area (Å²) >= 11 is 0. The number of nitrogens with zero attached hydrogens (tertiary/aromatic N) is 1. The average Bonchev–Trinajstić information content (AvgIpc) is 2.01. The van der Waals surface area contributed by atoms with Crippen LogP contribution in [-0.4, -0.2) is 46.8 Å². The highest BCUT2D eigenvalue weighted by Gasteiger charge is 2.38. The van der Waals surface area contributed by atoms with Crippen LogP contribution in [0.5, 0.6) is 0 Å². The minimum absolute atomic E-state index is 0.109. The topological polar surface area (TPSA) is 49.8 Å². The van der Waals surface area contributed by atoms with Gasteiger partial charge >= 0.3 is 5.97 Å². The second kappa shape index (κ2) is 3.87. The van der Waals surface area contributed by atoms with Crippen LogP contribution < -0.4 is 0 Å². The summed E-state index contributed by atoms with van der Waals surface area (Å²) in [6.07, 6.45) is 0.217. The lowest BCUT2D eigenvalue weighted by Gasteiger charge is -2.42. The molecule has 82 valence electrons. The minimum Gasteiger partial charge on any atom is -0.480 e. The van der Waals surface area contributed by atoms with Gasteiger partial charge in [-0.3, -0.25) is 9.69 Å². The van der Waals surface area contributed by atoms with Gasteiger partial charge in [-0.25, -0.2) is 0 Å². The summed E-state index contributed by atoms with van der Waals surface area (Å²) in [6, 6.07) is 0. The van der Waals surface area contributed by atoms with E-state index in [0.29, 0.717) is 13.1 Å². The maximum atomic E-state index is 11.1. The smallest absolute Gasteiger partial charge is 0.323 e. The average molecular weight is 201 g/mol. The number of carboxylic acid groups (broad SMARTS) is 1. The molecule has 1 heterocycles. The molecular weight excluding hydrogens is 182 g/mol. The molecule has 1 unspecified atom stereocenters. The van der Waals surface area contributed by atoms with Crippen molar-refractivity contribution < 1.29 is 14.6 Å². The summed E-state index contributed by atoms with van der Waals surface area (Å²) in [5, 5.41) is 9.08. The normalized spacial score (nSPS) is 30.3. The zero-order valence-corrected chi connectivity index (χ0v) is 9.28. The second-order valence-corrected chi connectivity index (χ2v) is 4.53. The van der Waals surface area contributed by atoms with E-state index in [1.165, 1.54) is 0 Å². The van der Waals surface area contributed by atoms with E-state index >= 15 is 0 Å². The Morgan fingerprint density at radius 3 is 2.14 bits per heavy atom. The summed E-state index contributed by atoms with van der Waals surface area (Å²) in [5.74, 6) is -0.779. The van der Waals surface area contributed by atoms with Crippen LogP contribution in [0.15, 0.2) is 0 Å². The van der Waals surface area contributed by atoms with E-state index in [1.807, 2.05) is 18.7 Å². The SMILES string of the molecule is CC1CN(C(C)(C)C(=O)O)C[C@H](C)O1. The lowest BCUT2D eigenvalue weighted by Crippen LogP contribution is -2.58. The molecule has 1 rings (SSSR count). The van der Waals surface area contributed by atoms with E-state index in [2.05, 4.69) is 0 Å². The molecule has 4 heteroatoms. The number of morpholine rings is 1. The molecule has 0 bridgehead atoms. The molecule has 0 aliphatic carbocycles. The first-order valence-electron chi connectivity index (χ1n) is 4.98. The third-order valence-electron chi connectivity index (χ3n) is 2.73. The standard InChI is InChI=1S/C10H19NO3/c1-7-5-11(6-8(2)14-7)10(3,4)9(12)13/h7-8H,5-6H2,1-4H3,(H,12,13)/t7-,8?/m0/s1. The maximum Gasteiger partial charge on any atom is 0.323 e. The first kappa shape index (κ1) is 11.5. The Balaban J connectivity index is 2.72. The Labute approximate surface area is 84.8 Å². The fourth-order valence-electron chi connectivity index (χ4n) is 1.77. The quantitative estimate of drug-likeness (QED) is 0.723. The Bertz CT molecular complexity index is 217. The van der Waals surface area contributed by atoms with Crippen molar-refractivity contribution in [1.29, 1.82) is 0 Å². The van der Waals surface area contributed by atoms with Crippen LogP contribution in [0.25, 0.3) is 0 Å². The van der Waals surface area contributed by atoms with Crippen LogP contribution in [0, 0.1) is 0 Å². The van der Waals surface area contributed by atoms with Gasteiger partial charge in [-0.05, 0) is 27.7 Å². The van der Waals surface area contributed by atoms with Gasteiger partial charge in [-0.1, -0.05) is 0 Å². The van der Waals surface area contributed by atoms with E-state index in [1.54, 1.807) is 13.8 Å². The first-order chi connectivity index (χ1) is 6.34. The molecular formula is C10H19NO3. The van der Waals surface area contributed by atoms with E-state index < -0.39 is 11.5 Å². The Morgan fingerprint density at radius 1 is 1.36 bits per heavy atom. The van der Waals surface area contributed by atoms with Crippen molar-refractivity contribution in [2.24, 2.45) is 0 Å². The van der Waals surface area contributed by atoms with Crippen LogP contribution in [0.1, 0.15) is 27.7 Å². The van der Waals surface area contributed by atoms with Crippen LogP contribution in [0.4, 0.5) is 0 Å². The third-order valence-corrected chi connectivity index (χ3v) is 2.73. The molecule has 1 aliphatic rings. The number of aliphatic carboxylic acids is 1. The molecule has 14 heavy (non-hydrogen) atoms. The van der Waals surface area contributed by atoms with E-state index in [4.69, 9.17) is 9.84 Å². The zero-order valence-electron chi connectivity index (χ0n) is 9.28. The van der Waals surface area contributed by atoms with Crippen molar-refractivity contribution in [1.82, 2.24) is 4.90 Å². The molecule has 0 aromatic carbocycles. The number of hydrogen-bond donors (Lipinski definition) is 1. The molecule has 1 N–H and O–H groups in total. The molecule has 0 aromatic heterocycles. The van der Waals surface area contributed by atoms with Gasteiger partial charge in [0.15, 0.2) is 0 Å². The molecule has 2 atom stereocenters. The molecule has 1 aliphatic heterocycles. The summed E-state index contributed by atoms with van der Waals surface area (Å²) in [7, 11) is 0. The summed E-state index contributed by atoms with van der Waals surface area (Å²) in [6.45, 7) is 8.79. The van der Waals surface area contributed by atoms with Crippen molar-refractivity contribution in [3.05, 3.63) is 0 Å². The lowest BCUT2D eigenvalue weighted by atomic mass is 10.0. The maximum absolute atomic E-state index is 11.1. The number of ether oxygens (including phenoxy) is 1. The monoisotopic (exact) mass is 201 g/mol. The van der Waals surface area contributed by atoms with Gasteiger partial charge < -0.3 is 9.84 Å². The molecule has 1 fully saturated rings. The highest BCUT2D eigenvalue weighted by Crippen LogP contribution is 2.21. The molecule has 1 saturated heterocycles. The predicted molar refractivity (Wildman–Crippen MR) is 53.3 cm³/mol. The summed E-state index contributed by atoms with van der Waals surface area (Å²) in [4.78, 5) is 13.0. The van der Waals surface area contributed by atoms with E-state index in [0.717, 1.165) is 0 Å². The number of carbonyl (C=O) groups is 1. The fourth-order valence-corrected chi connectivity index (χ4v) is 1.77. The Hall–Kier alpha value is -0.610. The fraction of sp³-hybridized carbons (Fsp3) is 0.900. The summed E-state index contributed by atoms with van der Waals surface area (Å²) < 4.78 is 5.56. The van der Waals surface area contributed by atoms with Gasteiger partial charge in [0, 0.05) is 13.1 Å². The van der Waals surface area contributed by atoms with Crippen LogP contribution in [0.3, 0.4) is 0 Å². The molecule has 0 spiro atoms. The van der Waals surface area contributed by atoms with E-state index in [-0.39, 0.29) is 12.2 Å². The molecule has 0 radical (unpaired) electrons. The summed E-state index contributed by atoms with van der Waals surface area (Å²) in [5.41, 5.74) is -0.799. The van der Waals surface area contributed by atoms with Crippen LogP contribution >= 0.6 is 0 Å². The molecule has 0 aromatic rings. The van der Waals surface area contributed by atoms with E-state index in [9.17, 15) is 4.79 Å². The Kier molecular flexibility index (Phi) is 3.17. The number of rotatable bonds is 2. The minimum atomic E-state index is -0.799. The third kappa shape index (κ3) is 2.25. The van der Waals surface area contributed by atoms with Crippen LogP contribution in [-0.2, 0) is 9.53 Å². The van der Waals surface area contributed by atoms with Crippen molar-refractivity contribution in [2.45, 2.75) is 45.4 Å². The highest BCUT2D eigenvalue weighted by atomic mass is 16.5. The van der Waals surface area contributed by atoms with Crippen molar-refractivity contribution >= 4 is 5.97 Å². The number of hydrogen-bond acceptors (Lipinski definition) is 3. The van der Waals surface area contributed by atoms with Gasteiger partial charge in [0.1, 0.15) is 5.54 Å². The first-order valence-corrected chi connectivity index (χ1v) is 4.98. The largest absolute Gasteiger partial charge is 0.480 e. The van der Waals surface area contributed by atoms with Crippen molar-refractivity contribution in [3.63, 3.8) is 0 Å². The van der Waals surface area contributed by atoms with Gasteiger partial charge in [-0.2, -0.15) is 0 Å². The second-order valence-electron chi connectivity index (χ2n) is 4.53. The van der Waals surface area contributed by atoms with Crippen molar-refractivity contribution in [3.8, 4) is 0 Å². The predicted octanol–water partition coefficient (Wildman–Crippen LogP) is 0.959. The van der Waals surface area contributed by atoms with Gasteiger partial charge in [0.25, 0.3) is 0 Å². The Morgan fingerprint density at radius 2 is 1.79 bits per heavy atom. The highest BCUT2D eigenvalue weighted by molar-refractivity contribution is 5.77. The zero-order chi connectivity index (χ0) is 10.9. The molecule has 0 saturated carbocycles. The molecule has 4 nitrogen and oxygen atoms in total.